The third-order valence-corrected chi connectivity index (χ3v) is 5.80. The van der Waals surface area contributed by atoms with Gasteiger partial charge in [0.25, 0.3) is 10.9 Å². The molecule has 1 unspecified atom stereocenters. The topological polar surface area (TPSA) is 98.7 Å². The number of anilines is 5. The largest absolute Gasteiger partial charge is 0.481 e. The maximum absolute atomic E-state index is 12.6. The monoisotopic (exact) mass is 477 g/mol. The first kappa shape index (κ1) is 26.0. The summed E-state index contributed by atoms with van der Waals surface area (Å²) < 4.78 is 0. The zero-order chi connectivity index (χ0) is 25.7. The number of para-hydroxylation sites is 1. The van der Waals surface area contributed by atoms with Gasteiger partial charge >= 0.3 is 5.97 Å². The van der Waals surface area contributed by atoms with Crippen LogP contribution >= 0.6 is 0 Å². The van der Waals surface area contributed by atoms with Crippen LogP contribution in [-0.2, 0) is 4.79 Å². The number of rotatable bonds is 12. The van der Waals surface area contributed by atoms with E-state index in [-0.39, 0.29) is 23.7 Å². The quantitative estimate of drug-likeness (QED) is 0.298. The first-order valence-electron chi connectivity index (χ1n) is 12.1. The van der Waals surface area contributed by atoms with Crippen molar-refractivity contribution in [1.29, 1.82) is 0 Å². The molecular weight excluding hydrogens is 442 g/mol. The van der Waals surface area contributed by atoms with E-state index >= 15 is 0 Å². The lowest BCUT2D eigenvalue weighted by molar-refractivity contribution is -0.137. The minimum atomic E-state index is -0.867. The van der Waals surface area contributed by atoms with Crippen molar-refractivity contribution in [2.24, 2.45) is 11.8 Å². The van der Waals surface area contributed by atoms with Gasteiger partial charge in [0.05, 0.1) is 17.8 Å². The molecule has 3 aromatic rings. The van der Waals surface area contributed by atoms with Gasteiger partial charge in [0.1, 0.15) is 11.4 Å². The molecule has 0 bridgehead atoms. The molecule has 0 saturated carbocycles. The predicted octanol–water partition coefficient (Wildman–Crippen LogP) is 5.47. The molecule has 0 aromatic heterocycles. The third kappa shape index (κ3) is 6.50. The fourth-order valence-corrected chi connectivity index (χ4v) is 4.20. The fourth-order valence-electron chi connectivity index (χ4n) is 4.20. The second kappa shape index (κ2) is 11.2. The summed E-state index contributed by atoms with van der Waals surface area (Å²) in [6.07, 6.45) is 0.00140. The summed E-state index contributed by atoms with van der Waals surface area (Å²) in [6.45, 7) is 12.1. The van der Waals surface area contributed by atoms with Crippen molar-refractivity contribution >= 4 is 34.4 Å². The molecule has 3 aromatic carbocycles. The standard InChI is InChI=1S/C28H35N3O4/c1-17(2)15-31(16-18(3)4)23-12-11-20(19(5)13-24(32)33)14-22(23)30-26-25(27(34)28(26)35)29-21-9-7-6-8-10-21/h6-12,14,17-19,29-30H,13,15-16H2,1-5H3,(H,32,33). The molecule has 0 spiro atoms. The smallest absolute Gasteiger partial charge is 0.303 e. The molecule has 0 amide bonds. The molecular formula is C28H35N3O4. The zero-order valence-corrected chi connectivity index (χ0v) is 21.1. The summed E-state index contributed by atoms with van der Waals surface area (Å²) >= 11 is 0. The second-order valence-electron chi connectivity index (χ2n) is 9.99. The van der Waals surface area contributed by atoms with Gasteiger partial charge in [0.15, 0.2) is 0 Å². The van der Waals surface area contributed by atoms with Crippen molar-refractivity contribution in [3.8, 4) is 0 Å². The van der Waals surface area contributed by atoms with Crippen LogP contribution in [0.25, 0.3) is 0 Å². The lowest BCUT2D eigenvalue weighted by Gasteiger charge is -2.31. The number of benzene rings is 2. The van der Waals surface area contributed by atoms with Crippen LogP contribution < -0.4 is 26.4 Å². The number of carbonyl (C=O) groups is 1. The zero-order valence-electron chi connectivity index (χ0n) is 21.1. The molecule has 0 saturated heterocycles. The minimum Gasteiger partial charge on any atom is -0.481 e. The minimum absolute atomic E-state index is 0.00140. The molecule has 35 heavy (non-hydrogen) atoms. The maximum Gasteiger partial charge on any atom is 0.303 e. The Morgan fingerprint density at radius 2 is 1.43 bits per heavy atom. The molecule has 186 valence electrons. The highest BCUT2D eigenvalue weighted by molar-refractivity contribution is 5.86. The van der Waals surface area contributed by atoms with Crippen LogP contribution in [0.4, 0.5) is 28.4 Å². The first-order valence-corrected chi connectivity index (χ1v) is 12.1. The number of nitrogens with zero attached hydrogens (tertiary/aromatic N) is 1. The van der Waals surface area contributed by atoms with Crippen molar-refractivity contribution in [3.63, 3.8) is 0 Å². The highest BCUT2D eigenvalue weighted by Gasteiger charge is 2.24. The summed E-state index contributed by atoms with van der Waals surface area (Å²) in [6, 6.07) is 15.1. The van der Waals surface area contributed by atoms with E-state index in [0.29, 0.717) is 23.2 Å². The lowest BCUT2D eigenvalue weighted by atomic mass is 9.96. The average Bonchev–Trinajstić information content (AvgIpc) is 2.80. The van der Waals surface area contributed by atoms with Crippen LogP contribution in [0.3, 0.4) is 0 Å². The van der Waals surface area contributed by atoms with Gasteiger partial charge in [-0.1, -0.05) is 58.9 Å². The van der Waals surface area contributed by atoms with Crippen LogP contribution in [-0.4, -0.2) is 24.2 Å². The van der Waals surface area contributed by atoms with Gasteiger partial charge in [0.2, 0.25) is 0 Å². The Labute approximate surface area is 206 Å². The van der Waals surface area contributed by atoms with E-state index in [1.165, 1.54) is 0 Å². The van der Waals surface area contributed by atoms with Gasteiger partial charge in [0, 0.05) is 18.8 Å². The van der Waals surface area contributed by atoms with Crippen LogP contribution in [0, 0.1) is 11.8 Å². The Kier molecular flexibility index (Phi) is 8.33. The molecule has 3 N–H and O–H groups in total. The van der Waals surface area contributed by atoms with Crippen molar-refractivity contribution < 1.29 is 9.90 Å². The molecule has 0 heterocycles. The summed E-state index contributed by atoms with van der Waals surface area (Å²) in [5, 5.41) is 15.6. The van der Waals surface area contributed by atoms with Gasteiger partial charge < -0.3 is 20.6 Å². The van der Waals surface area contributed by atoms with Crippen LogP contribution in [0.1, 0.15) is 52.5 Å². The molecule has 0 aliphatic heterocycles. The highest BCUT2D eigenvalue weighted by atomic mass is 16.4. The predicted molar refractivity (Wildman–Crippen MR) is 143 cm³/mol. The number of hydrogen-bond acceptors (Lipinski definition) is 6. The Morgan fingerprint density at radius 1 is 0.857 bits per heavy atom. The summed E-state index contributed by atoms with van der Waals surface area (Å²) in [5.74, 6) is -0.253. The highest BCUT2D eigenvalue weighted by Crippen LogP contribution is 2.35. The van der Waals surface area contributed by atoms with Crippen LogP contribution in [0.2, 0.25) is 0 Å². The van der Waals surface area contributed by atoms with E-state index in [4.69, 9.17) is 0 Å². The van der Waals surface area contributed by atoms with Crippen molar-refractivity contribution in [2.45, 2.75) is 47.0 Å². The number of hydrogen-bond donors (Lipinski definition) is 3. The summed E-state index contributed by atoms with van der Waals surface area (Å²) in [7, 11) is 0. The van der Waals surface area contributed by atoms with Crippen molar-refractivity contribution in [3.05, 3.63) is 74.5 Å². The molecule has 1 atom stereocenters. The fraction of sp³-hybridized carbons (Fsp3) is 0.393. The van der Waals surface area contributed by atoms with Gasteiger partial charge in [-0.2, -0.15) is 0 Å². The van der Waals surface area contributed by atoms with Crippen molar-refractivity contribution in [1.82, 2.24) is 0 Å². The van der Waals surface area contributed by atoms with Gasteiger partial charge in [-0.25, -0.2) is 0 Å². The molecule has 0 aliphatic carbocycles. The first-order chi connectivity index (χ1) is 16.6. The van der Waals surface area contributed by atoms with E-state index in [0.717, 1.165) is 24.3 Å². The summed E-state index contributed by atoms with van der Waals surface area (Å²) in [4.78, 5) is 38.5. The van der Waals surface area contributed by atoms with E-state index in [2.05, 4.69) is 43.2 Å². The molecule has 7 heteroatoms. The SMILES string of the molecule is CC(C)CN(CC(C)C)c1ccc(C(C)CC(=O)O)cc1Nc1c(Nc2ccccc2)c(=O)c1=O. The Balaban J connectivity index is 2.04. The van der Waals surface area contributed by atoms with Crippen molar-refractivity contribution in [2.75, 3.05) is 28.6 Å². The van der Waals surface area contributed by atoms with Gasteiger partial charge in [-0.3, -0.25) is 14.4 Å². The maximum atomic E-state index is 12.6. The normalized spacial score (nSPS) is 12.2. The Morgan fingerprint density at radius 3 is 1.97 bits per heavy atom. The molecule has 3 rings (SSSR count). The third-order valence-electron chi connectivity index (χ3n) is 5.80. The Bertz CT molecular complexity index is 1220. The van der Waals surface area contributed by atoms with Gasteiger partial charge in [-0.05, 0) is 47.6 Å². The molecule has 7 nitrogen and oxygen atoms in total. The average molecular weight is 478 g/mol. The molecule has 0 fully saturated rings. The number of nitrogens with one attached hydrogen (secondary N) is 2. The number of carboxylic acid groups (broad SMARTS) is 1. The molecule has 0 radical (unpaired) electrons. The number of carboxylic acids is 1. The van der Waals surface area contributed by atoms with Gasteiger partial charge in [-0.15, -0.1) is 0 Å². The van der Waals surface area contributed by atoms with E-state index in [9.17, 15) is 19.5 Å². The van der Waals surface area contributed by atoms with E-state index in [1.807, 2.05) is 55.5 Å². The summed E-state index contributed by atoms with van der Waals surface area (Å²) in [5.41, 5.74) is 2.48. The van der Waals surface area contributed by atoms with E-state index in [1.54, 1.807) is 0 Å². The van der Waals surface area contributed by atoms with Crippen LogP contribution in [0.5, 0.6) is 0 Å². The lowest BCUT2D eigenvalue weighted by Crippen LogP contribution is -2.36. The second-order valence-corrected chi connectivity index (χ2v) is 9.99. The number of aliphatic carboxylic acids is 1. The van der Waals surface area contributed by atoms with E-state index < -0.39 is 16.8 Å². The Hall–Kier alpha value is -3.61. The molecule has 0 aliphatic rings. The van der Waals surface area contributed by atoms with Crippen LogP contribution in [0.15, 0.2) is 58.1 Å².